The Morgan fingerprint density at radius 3 is 2.35 bits per heavy atom. The van der Waals surface area contributed by atoms with E-state index in [1.807, 2.05) is 0 Å². The van der Waals surface area contributed by atoms with Crippen molar-refractivity contribution >= 4 is 45.9 Å². The molecule has 1 aliphatic carbocycles. The number of aromatic nitrogens is 1. The molecule has 43 heavy (non-hydrogen) atoms. The van der Waals surface area contributed by atoms with Gasteiger partial charge in [0.25, 0.3) is 0 Å². The van der Waals surface area contributed by atoms with Crippen LogP contribution in [0.5, 0.6) is 17.4 Å². The number of anilines is 2. The van der Waals surface area contributed by atoms with E-state index in [1.165, 1.54) is 33.4 Å². The van der Waals surface area contributed by atoms with Crippen LogP contribution in [0.4, 0.5) is 11.4 Å². The third-order valence-corrected chi connectivity index (χ3v) is 9.74. The van der Waals surface area contributed by atoms with Crippen molar-refractivity contribution in [2.45, 2.75) is 24.9 Å². The lowest BCUT2D eigenvalue weighted by Crippen LogP contribution is -2.60. The number of benzene rings is 5. The second-order valence-corrected chi connectivity index (χ2v) is 11.9. The van der Waals surface area contributed by atoms with Crippen LogP contribution in [0.25, 0.3) is 22.5 Å². The van der Waals surface area contributed by atoms with Gasteiger partial charge < -0.3 is 14.4 Å². The zero-order valence-electron chi connectivity index (χ0n) is 23.5. The number of nitrogens with zero attached hydrogens (tertiary/aromatic N) is 2. The Labute approximate surface area is 250 Å². The lowest BCUT2D eigenvalue weighted by Gasteiger charge is -2.41. The van der Waals surface area contributed by atoms with E-state index in [-0.39, 0.29) is 18.8 Å². The Kier molecular flexibility index (Phi) is 4.73. The Bertz CT molecular complexity index is 2120. The number of rotatable bonds is 2. The fourth-order valence-electron chi connectivity index (χ4n) is 8.07. The summed E-state index contributed by atoms with van der Waals surface area (Å²) in [6.45, 7) is 0.0807. The van der Waals surface area contributed by atoms with Crippen LogP contribution in [0.1, 0.15) is 29.1 Å². The van der Waals surface area contributed by atoms with Crippen LogP contribution in [0, 0.1) is 0 Å². The molecule has 0 saturated carbocycles. The Balaban J connectivity index is 1.32. The van der Waals surface area contributed by atoms with Crippen molar-refractivity contribution in [3.8, 4) is 23.1 Å². The number of para-hydroxylation sites is 3. The van der Waals surface area contributed by atoms with Crippen molar-refractivity contribution < 1.29 is 9.47 Å². The average Bonchev–Trinajstić information content (AvgIpc) is 3.58. The molecule has 0 spiro atoms. The number of hydrogen-bond donors (Lipinski definition) is 0. The van der Waals surface area contributed by atoms with Crippen molar-refractivity contribution in [2.75, 3.05) is 4.90 Å². The topological polar surface area (TPSA) is 26.6 Å². The summed E-state index contributed by atoms with van der Waals surface area (Å²) in [7, 11) is 0. The van der Waals surface area contributed by atoms with E-state index in [0.29, 0.717) is 0 Å². The van der Waals surface area contributed by atoms with Crippen LogP contribution in [0.15, 0.2) is 121 Å². The maximum absolute atomic E-state index is 7.24. The van der Waals surface area contributed by atoms with Gasteiger partial charge in [-0.25, -0.2) is 0 Å². The third-order valence-electron chi connectivity index (χ3n) is 9.74. The molecule has 6 aromatic rings. The van der Waals surface area contributed by atoms with E-state index in [4.69, 9.17) is 9.47 Å². The van der Waals surface area contributed by atoms with Gasteiger partial charge in [0, 0.05) is 33.7 Å². The molecular weight excluding hydrogens is 527 g/mol. The molecule has 3 aliphatic heterocycles. The summed E-state index contributed by atoms with van der Waals surface area (Å²) < 4.78 is 16.6. The zero-order chi connectivity index (χ0) is 28.1. The average molecular weight is 554 g/mol. The van der Waals surface area contributed by atoms with E-state index in [0.717, 1.165) is 52.4 Å². The third kappa shape index (κ3) is 3.11. The first-order valence-corrected chi connectivity index (χ1v) is 15.2. The quantitative estimate of drug-likeness (QED) is 0.208. The van der Waals surface area contributed by atoms with Gasteiger partial charge in [-0.1, -0.05) is 84.9 Å². The van der Waals surface area contributed by atoms with Crippen molar-refractivity contribution in [3.05, 3.63) is 138 Å². The summed E-state index contributed by atoms with van der Waals surface area (Å²) in [6.07, 6.45) is 6.42. The first-order chi connectivity index (χ1) is 21.4. The molecule has 204 valence electrons. The molecule has 4 heterocycles. The molecule has 0 fully saturated rings. The van der Waals surface area contributed by atoms with Crippen LogP contribution < -0.4 is 25.3 Å². The highest BCUT2D eigenvalue weighted by Gasteiger charge is 2.56. The number of fused-ring (bicyclic) bond motifs is 10. The van der Waals surface area contributed by atoms with Crippen LogP contribution >= 0.6 is 0 Å². The van der Waals surface area contributed by atoms with Crippen molar-refractivity contribution in [3.63, 3.8) is 0 Å². The van der Waals surface area contributed by atoms with Gasteiger partial charge in [-0.2, -0.15) is 0 Å². The molecule has 10 rings (SSSR count). The maximum atomic E-state index is 7.24. The molecule has 2 unspecified atom stereocenters. The predicted molar refractivity (Wildman–Crippen MR) is 174 cm³/mol. The van der Waals surface area contributed by atoms with E-state index < -0.39 is 0 Å². The monoisotopic (exact) mass is 554 g/mol. The Morgan fingerprint density at radius 2 is 1.49 bits per heavy atom. The predicted octanol–water partition coefficient (Wildman–Crippen LogP) is 7.50. The Morgan fingerprint density at radius 1 is 0.744 bits per heavy atom. The summed E-state index contributed by atoms with van der Waals surface area (Å²) in [5, 5.41) is 2.26. The summed E-state index contributed by atoms with van der Waals surface area (Å²) in [6, 6.07) is 41.0. The number of ether oxygens (including phenoxy) is 2. The molecule has 1 aromatic heterocycles. The molecule has 0 radical (unpaired) electrons. The molecule has 5 heteroatoms. The van der Waals surface area contributed by atoms with Crippen molar-refractivity contribution in [1.29, 1.82) is 0 Å². The highest BCUT2D eigenvalue weighted by atomic mass is 16.5. The van der Waals surface area contributed by atoms with Crippen LogP contribution in [0.3, 0.4) is 0 Å². The molecule has 4 nitrogen and oxygen atoms in total. The van der Waals surface area contributed by atoms with Gasteiger partial charge in [-0.05, 0) is 77.3 Å². The summed E-state index contributed by atoms with van der Waals surface area (Å²) >= 11 is 0. The van der Waals surface area contributed by atoms with Gasteiger partial charge in [0.1, 0.15) is 11.5 Å². The number of hydrogen-bond acceptors (Lipinski definition) is 3. The first-order valence-electron chi connectivity index (χ1n) is 15.2. The minimum absolute atomic E-state index is 0.0807. The normalized spacial score (nSPS) is 18.7. The molecule has 5 aromatic carbocycles. The summed E-state index contributed by atoms with van der Waals surface area (Å²) in [5.41, 5.74) is 9.93. The molecule has 0 amide bonds. The maximum Gasteiger partial charge on any atom is 0.240 e. The first kappa shape index (κ1) is 23.4. The fraction of sp³-hybridized carbons (Fsp3) is 0.105. The van der Waals surface area contributed by atoms with Gasteiger partial charge in [0.05, 0.1) is 5.69 Å². The van der Waals surface area contributed by atoms with Gasteiger partial charge in [-0.15, -0.1) is 0 Å². The van der Waals surface area contributed by atoms with Gasteiger partial charge in [0.15, 0.2) is 12.1 Å². The smallest absolute Gasteiger partial charge is 0.240 e. The van der Waals surface area contributed by atoms with Crippen molar-refractivity contribution in [1.82, 2.24) is 4.57 Å². The minimum Gasteiger partial charge on any atom is -0.470 e. The highest BCUT2D eigenvalue weighted by Crippen LogP contribution is 2.53. The fourth-order valence-corrected chi connectivity index (χ4v) is 8.07. The lowest BCUT2D eigenvalue weighted by atomic mass is 9.30. The standard InChI is InChI=1S/C38H27BN2O2/c1-3-14-25(15-4-1)40-30-21-11-9-19-28(30)33-37(40)42-32-23-24-13-7-8-18-27(24)36-35(32)39(33)34-29-20-10-12-22-31(29)41(38(34)43-36)26-16-5-2-6-17-26/h1-8,10-18,20-23,34,38H,9,19H2. The van der Waals surface area contributed by atoms with Gasteiger partial charge >= 0.3 is 0 Å². The molecule has 0 N–H and O–H groups in total. The molecule has 4 aliphatic rings. The van der Waals surface area contributed by atoms with E-state index in [9.17, 15) is 0 Å². The van der Waals surface area contributed by atoms with Crippen molar-refractivity contribution in [2.24, 2.45) is 0 Å². The SMILES string of the molecule is C1=Cc2c(c3c(n2-c2ccccc2)Oc2cc4ccccc4c4c2B3C2c3ccccc3N(c3ccccc3)C2O4)CC1. The highest BCUT2D eigenvalue weighted by molar-refractivity contribution is 6.89. The van der Waals surface area contributed by atoms with E-state index in [1.54, 1.807) is 0 Å². The van der Waals surface area contributed by atoms with E-state index >= 15 is 0 Å². The molecule has 0 saturated heterocycles. The van der Waals surface area contributed by atoms with Gasteiger partial charge in [-0.3, -0.25) is 4.57 Å². The van der Waals surface area contributed by atoms with Gasteiger partial charge in [0.2, 0.25) is 6.71 Å². The van der Waals surface area contributed by atoms with E-state index in [2.05, 4.69) is 137 Å². The number of allylic oxidation sites excluding steroid dienone is 1. The summed E-state index contributed by atoms with van der Waals surface area (Å²) in [4.78, 5) is 2.42. The second kappa shape index (κ2) is 8.68. The molecular formula is C38H27BN2O2. The Hall–Kier alpha value is -5.16. The van der Waals surface area contributed by atoms with Crippen LogP contribution in [-0.4, -0.2) is 17.5 Å². The second-order valence-electron chi connectivity index (χ2n) is 11.9. The molecule has 2 atom stereocenters. The van der Waals surface area contributed by atoms with Crippen LogP contribution in [0.2, 0.25) is 0 Å². The van der Waals surface area contributed by atoms with Crippen LogP contribution in [-0.2, 0) is 6.42 Å². The lowest BCUT2D eigenvalue weighted by molar-refractivity contribution is 0.208. The minimum atomic E-state index is -0.197. The zero-order valence-corrected chi connectivity index (χ0v) is 23.5. The summed E-state index contributed by atoms with van der Waals surface area (Å²) in [5.74, 6) is 2.88. The molecule has 0 bridgehead atoms. The largest absolute Gasteiger partial charge is 0.470 e.